The fraction of sp³-hybridized carbons (Fsp3) is 0.444. The van der Waals surface area contributed by atoms with Gasteiger partial charge in [0.05, 0.1) is 0 Å². The number of likely N-dealkylation sites (tertiary alicyclic amines) is 1. The summed E-state index contributed by atoms with van der Waals surface area (Å²) in [6, 6.07) is 19.2. The Morgan fingerprint density at radius 1 is 0.970 bits per heavy atom. The molecule has 1 unspecified atom stereocenters. The molecule has 2 fully saturated rings. The molecule has 0 N–H and O–H groups in total. The fourth-order valence-electron chi connectivity index (χ4n) is 5.09. The Morgan fingerprint density at radius 3 is 2.48 bits per heavy atom. The van der Waals surface area contributed by atoms with Crippen LogP contribution in [-0.2, 0) is 17.6 Å². The van der Waals surface area contributed by atoms with Gasteiger partial charge in [0.15, 0.2) is 0 Å². The van der Waals surface area contributed by atoms with E-state index in [0.717, 1.165) is 69.1 Å². The highest BCUT2D eigenvalue weighted by Gasteiger charge is 2.36. The lowest BCUT2D eigenvalue weighted by molar-refractivity contribution is -0.133. The van der Waals surface area contributed by atoms with Crippen LogP contribution in [-0.4, -0.2) is 45.8 Å². The highest BCUT2D eigenvalue weighted by atomic mass is 32.1. The highest BCUT2D eigenvalue weighted by molar-refractivity contribution is 7.09. The molecule has 3 heterocycles. The van der Waals surface area contributed by atoms with E-state index in [4.69, 9.17) is 4.98 Å². The van der Waals surface area contributed by atoms with E-state index in [1.165, 1.54) is 28.2 Å². The second-order valence-electron chi connectivity index (χ2n) is 9.47. The largest absolute Gasteiger partial charge is 0.341 e. The second-order valence-corrected chi connectivity index (χ2v) is 10.2. The number of nitrogens with zero attached hydrogens (tertiary/aromatic N) is 4. The molecule has 5 nitrogen and oxygen atoms in total. The van der Waals surface area contributed by atoms with Crippen molar-refractivity contribution < 1.29 is 4.79 Å². The molecule has 0 spiro atoms. The van der Waals surface area contributed by atoms with E-state index in [-0.39, 0.29) is 11.9 Å². The maximum atomic E-state index is 13.4. The summed E-state index contributed by atoms with van der Waals surface area (Å²) in [6.07, 6.45) is 5.98. The van der Waals surface area contributed by atoms with Crippen molar-refractivity contribution in [2.24, 2.45) is 5.92 Å². The normalized spacial score (nSPS) is 19.2. The highest BCUT2D eigenvalue weighted by Crippen LogP contribution is 2.30. The summed E-state index contributed by atoms with van der Waals surface area (Å²) in [4.78, 5) is 22.5. The van der Waals surface area contributed by atoms with Gasteiger partial charge in [0.25, 0.3) is 0 Å². The molecule has 3 aromatic rings. The van der Waals surface area contributed by atoms with Gasteiger partial charge >= 0.3 is 0 Å². The predicted octanol–water partition coefficient (Wildman–Crippen LogP) is 4.89. The van der Waals surface area contributed by atoms with Crippen LogP contribution in [0.1, 0.15) is 48.2 Å². The van der Waals surface area contributed by atoms with E-state index in [9.17, 15) is 4.79 Å². The Bertz CT molecular complexity index is 1060. The number of carbonyl (C=O) groups excluding carboxylic acids is 1. The minimum absolute atomic E-state index is 0.0872. The van der Waals surface area contributed by atoms with Crippen LogP contribution < -0.4 is 4.90 Å². The molecule has 0 saturated carbocycles. The minimum atomic E-state index is -0.0872. The zero-order chi connectivity index (χ0) is 22.6. The lowest BCUT2D eigenvalue weighted by Crippen LogP contribution is -2.48. The summed E-state index contributed by atoms with van der Waals surface area (Å²) >= 11 is 1.43. The first-order chi connectivity index (χ1) is 16.2. The Labute approximate surface area is 200 Å². The first-order valence-electron chi connectivity index (χ1n) is 12.1. The summed E-state index contributed by atoms with van der Waals surface area (Å²) < 4.78 is 4.60. The summed E-state index contributed by atoms with van der Waals surface area (Å²) in [5.41, 5.74) is 3.88. The van der Waals surface area contributed by atoms with Crippen molar-refractivity contribution in [2.45, 2.75) is 51.5 Å². The van der Waals surface area contributed by atoms with Crippen molar-refractivity contribution in [3.05, 3.63) is 77.1 Å². The average Bonchev–Trinajstić information content (AvgIpc) is 3.51. The smallest absolute Gasteiger partial charge is 0.245 e. The number of aryl methyl sites for hydroxylation is 1. The maximum absolute atomic E-state index is 13.4. The summed E-state index contributed by atoms with van der Waals surface area (Å²) in [5.74, 6) is 1.79. The average molecular weight is 461 g/mol. The molecular weight excluding hydrogens is 428 g/mol. The summed E-state index contributed by atoms with van der Waals surface area (Å²) in [7, 11) is 0. The van der Waals surface area contributed by atoms with E-state index in [2.05, 4.69) is 75.7 Å². The van der Waals surface area contributed by atoms with Crippen molar-refractivity contribution >= 4 is 22.6 Å². The van der Waals surface area contributed by atoms with Crippen molar-refractivity contribution in [3.63, 3.8) is 0 Å². The van der Waals surface area contributed by atoms with Crippen LogP contribution in [0.2, 0.25) is 0 Å². The zero-order valence-electron chi connectivity index (χ0n) is 19.3. The predicted molar refractivity (Wildman–Crippen MR) is 134 cm³/mol. The standard InChI is InChI=1S/C27H32N4OS/c1-20-9-11-22(12-10-20)19-25-28-27(33-29-25)31-15-5-8-24(31)26(32)30-16-13-23(14-17-30)18-21-6-3-2-4-7-21/h2-4,6-7,9-12,23-24H,5,8,13-19H2,1H3. The Morgan fingerprint density at radius 2 is 1.73 bits per heavy atom. The van der Waals surface area contributed by atoms with Gasteiger partial charge in [-0.15, -0.1) is 0 Å². The van der Waals surface area contributed by atoms with Gasteiger partial charge in [0, 0.05) is 37.6 Å². The van der Waals surface area contributed by atoms with Crippen LogP contribution in [0.25, 0.3) is 0 Å². The molecule has 1 atom stereocenters. The van der Waals surface area contributed by atoms with Crippen LogP contribution >= 0.6 is 11.5 Å². The zero-order valence-corrected chi connectivity index (χ0v) is 20.1. The van der Waals surface area contributed by atoms with Crippen molar-refractivity contribution in [3.8, 4) is 0 Å². The molecule has 2 aromatic carbocycles. The molecule has 1 amide bonds. The molecule has 2 aliphatic rings. The number of carbonyl (C=O) groups is 1. The molecule has 2 saturated heterocycles. The van der Waals surface area contributed by atoms with E-state index in [1.807, 2.05) is 0 Å². The molecule has 2 aliphatic heterocycles. The Kier molecular flexibility index (Phi) is 6.72. The first-order valence-corrected chi connectivity index (χ1v) is 12.9. The molecule has 172 valence electrons. The Balaban J connectivity index is 1.18. The SMILES string of the molecule is Cc1ccc(Cc2nsc(N3CCCC3C(=O)N3CCC(Cc4ccccc4)CC3)n2)cc1. The Hall–Kier alpha value is -2.73. The molecule has 0 radical (unpaired) electrons. The topological polar surface area (TPSA) is 49.3 Å². The van der Waals surface area contributed by atoms with Gasteiger partial charge in [0.1, 0.15) is 11.9 Å². The van der Waals surface area contributed by atoms with Gasteiger partial charge in [-0.1, -0.05) is 60.2 Å². The van der Waals surface area contributed by atoms with Crippen LogP contribution in [0.5, 0.6) is 0 Å². The van der Waals surface area contributed by atoms with Crippen molar-refractivity contribution in [1.82, 2.24) is 14.3 Å². The lowest BCUT2D eigenvalue weighted by atomic mass is 9.90. The summed E-state index contributed by atoms with van der Waals surface area (Å²) in [6.45, 7) is 4.73. The number of amides is 1. The fourth-order valence-corrected chi connectivity index (χ4v) is 5.85. The van der Waals surface area contributed by atoms with E-state index < -0.39 is 0 Å². The van der Waals surface area contributed by atoms with Gasteiger partial charge in [0.2, 0.25) is 11.0 Å². The molecule has 5 rings (SSSR count). The quantitative estimate of drug-likeness (QED) is 0.526. The van der Waals surface area contributed by atoms with E-state index in [0.29, 0.717) is 5.92 Å². The first kappa shape index (κ1) is 22.1. The monoisotopic (exact) mass is 460 g/mol. The van der Waals surface area contributed by atoms with Gasteiger partial charge in [-0.25, -0.2) is 4.98 Å². The summed E-state index contributed by atoms with van der Waals surface area (Å²) in [5, 5.41) is 0.895. The molecular formula is C27H32N4OS. The molecule has 0 aliphatic carbocycles. The van der Waals surface area contributed by atoms with Crippen molar-refractivity contribution in [1.29, 1.82) is 0 Å². The number of rotatable bonds is 6. The van der Waals surface area contributed by atoms with E-state index in [1.54, 1.807) is 0 Å². The van der Waals surface area contributed by atoms with Crippen LogP contribution in [0.3, 0.4) is 0 Å². The third kappa shape index (κ3) is 5.27. The van der Waals surface area contributed by atoms with E-state index >= 15 is 0 Å². The van der Waals surface area contributed by atoms with Crippen molar-refractivity contribution in [2.75, 3.05) is 24.5 Å². The van der Waals surface area contributed by atoms with Gasteiger partial charge in [-0.2, -0.15) is 4.37 Å². The maximum Gasteiger partial charge on any atom is 0.245 e. The number of piperidine rings is 1. The molecule has 6 heteroatoms. The minimum Gasteiger partial charge on any atom is -0.341 e. The van der Waals surface area contributed by atoms with Gasteiger partial charge < -0.3 is 9.80 Å². The van der Waals surface area contributed by atoms with Crippen LogP contribution in [0, 0.1) is 12.8 Å². The number of benzene rings is 2. The number of aromatic nitrogens is 2. The lowest BCUT2D eigenvalue weighted by Gasteiger charge is -2.35. The molecule has 33 heavy (non-hydrogen) atoms. The number of hydrogen-bond donors (Lipinski definition) is 0. The number of anilines is 1. The van der Waals surface area contributed by atoms with Gasteiger partial charge in [-0.3, -0.25) is 4.79 Å². The molecule has 0 bridgehead atoms. The third-order valence-corrected chi connectivity index (χ3v) is 7.81. The second kappa shape index (κ2) is 10.0. The molecule has 1 aromatic heterocycles. The van der Waals surface area contributed by atoms with Crippen LogP contribution in [0.15, 0.2) is 54.6 Å². The van der Waals surface area contributed by atoms with Crippen LogP contribution in [0.4, 0.5) is 5.13 Å². The number of hydrogen-bond acceptors (Lipinski definition) is 5. The third-order valence-electron chi connectivity index (χ3n) is 7.02. The van der Waals surface area contributed by atoms with Gasteiger partial charge in [-0.05, 0) is 56.1 Å².